The van der Waals surface area contributed by atoms with Gasteiger partial charge in [-0.1, -0.05) is 5.16 Å². The maximum absolute atomic E-state index is 11.0. The minimum absolute atomic E-state index is 0.0270. The number of amidine groups is 1. The number of nitrogens with two attached hydrogens (primary N) is 1. The third-order valence-corrected chi connectivity index (χ3v) is 3.62. The fourth-order valence-corrected chi connectivity index (χ4v) is 2.46. The summed E-state index contributed by atoms with van der Waals surface area (Å²) in [5.74, 6) is 0.310. The van der Waals surface area contributed by atoms with Crippen LogP contribution < -0.4 is 16.0 Å². The fourth-order valence-electron chi connectivity index (χ4n) is 2.41. The molecule has 1 aliphatic heterocycles. The van der Waals surface area contributed by atoms with Gasteiger partial charge in [-0.05, 0) is 25.0 Å². The number of rotatable bonds is 5. The van der Waals surface area contributed by atoms with Crippen LogP contribution in [0, 0.1) is 0 Å². The molecule has 1 aromatic rings. The predicted octanol–water partition coefficient (Wildman–Crippen LogP) is 1.25. The minimum Gasteiger partial charge on any atom is -0.384 e. The summed E-state index contributed by atoms with van der Waals surface area (Å²) in [6.07, 6.45) is 4.47. The molecule has 112 valence electrons. The van der Waals surface area contributed by atoms with Crippen LogP contribution in [0.5, 0.6) is 0 Å². The van der Waals surface area contributed by atoms with Crippen molar-refractivity contribution in [3.63, 3.8) is 0 Å². The number of oxime groups is 1. The number of fused-ring (bicyclic) bond motifs is 1. The summed E-state index contributed by atoms with van der Waals surface area (Å²) in [4.78, 5) is 22.2. The molecule has 0 amide bonds. The molecule has 7 nitrogen and oxygen atoms in total. The van der Waals surface area contributed by atoms with Crippen LogP contribution >= 0.6 is 11.6 Å². The molecule has 0 bridgehead atoms. The van der Waals surface area contributed by atoms with Gasteiger partial charge in [0, 0.05) is 18.7 Å². The molecular formula is C13H16ClN5O2. The Labute approximate surface area is 127 Å². The Hall–Kier alpha value is -2.02. The smallest absolute Gasteiger partial charge is 0.349 e. The number of nitrogens with zero attached hydrogens (tertiary/aromatic N) is 3. The molecule has 3 N–H and O–H groups in total. The molecule has 0 unspecified atom stereocenters. The quantitative estimate of drug-likeness (QED) is 0.279. The van der Waals surface area contributed by atoms with Crippen LogP contribution in [0.3, 0.4) is 0 Å². The second kappa shape index (κ2) is 5.77. The maximum Gasteiger partial charge on any atom is 0.349 e. The minimum atomic E-state index is -0.622. The normalized spacial score (nSPS) is 20.9. The van der Waals surface area contributed by atoms with Crippen molar-refractivity contribution in [3.05, 3.63) is 18.3 Å². The Morgan fingerprint density at radius 1 is 1.62 bits per heavy atom. The highest BCUT2D eigenvalue weighted by Gasteiger charge is 2.40. The Balaban J connectivity index is 1.70. The van der Waals surface area contributed by atoms with Crippen molar-refractivity contribution < 1.29 is 9.63 Å². The van der Waals surface area contributed by atoms with E-state index in [9.17, 15) is 4.79 Å². The molecule has 1 fully saturated rings. The molecule has 0 saturated heterocycles. The van der Waals surface area contributed by atoms with E-state index in [2.05, 4.69) is 25.2 Å². The van der Waals surface area contributed by atoms with Crippen molar-refractivity contribution in [3.8, 4) is 0 Å². The van der Waals surface area contributed by atoms with Gasteiger partial charge in [0.05, 0.1) is 5.69 Å². The van der Waals surface area contributed by atoms with Crippen LogP contribution in [0.4, 0.5) is 11.5 Å². The number of carbonyl (C=O) groups is 1. The predicted molar refractivity (Wildman–Crippen MR) is 80.2 cm³/mol. The van der Waals surface area contributed by atoms with Crippen LogP contribution in [-0.4, -0.2) is 34.9 Å². The Kier molecular flexibility index (Phi) is 3.83. The molecule has 1 aromatic heterocycles. The molecule has 0 radical (unpaired) electrons. The average molecular weight is 310 g/mol. The van der Waals surface area contributed by atoms with Gasteiger partial charge >= 0.3 is 5.97 Å². The van der Waals surface area contributed by atoms with Gasteiger partial charge < -0.3 is 20.8 Å². The molecule has 1 saturated carbocycles. The van der Waals surface area contributed by atoms with Crippen molar-refractivity contribution in [2.75, 3.05) is 16.1 Å². The van der Waals surface area contributed by atoms with Crippen molar-refractivity contribution in [1.29, 1.82) is 0 Å². The van der Waals surface area contributed by atoms with Gasteiger partial charge in [0.25, 0.3) is 0 Å². The summed E-state index contributed by atoms with van der Waals surface area (Å²) < 4.78 is 0. The summed E-state index contributed by atoms with van der Waals surface area (Å²) in [5, 5.41) is 6.98. The third kappa shape index (κ3) is 3.02. The average Bonchev–Trinajstić information content (AvgIpc) is 3.26. The van der Waals surface area contributed by atoms with Gasteiger partial charge in [-0.2, -0.15) is 0 Å². The molecular weight excluding hydrogens is 294 g/mol. The van der Waals surface area contributed by atoms with E-state index in [1.807, 2.05) is 12.1 Å². The number of carbonyl (C=O) groups excluding carboxylic acids is 1. The Morgan fingerprint density at radius 2 is 2.43 bits per heavy atom. The van der Waals surface area contributed by atoms with E-state index < -0.39 is 5.97 Å². The van der Waals surface area contributed by atoms with E-state index >= 15 is 0 Å². The zero-order chi connectivity index (χ0) is 14.8. The highest BCUT2D eigenvalue weighted by atomic mass is 35.5. The number of nitrogens with one attached hydrogen (secondary N) is 1. The van der Waals surface area contributed by atoms with Gasteiger partial charge in [0.15, 0.2) is 5.82 Å². The van der Waals surface area contributed by atoms with Crippen molar-refractivity contribution >= 4 is 34.9 Å². The summed E-state index contributed by atoms with van der Waals surface area (Å²) in [6.45, 7) is 0. The number of hydrogen-bond acceptors (Lipinski definition) is 6. The van der Waals surface area contributed by atoms with Gasteiger partial charge in [-0.3, -0.25) is 0 Å². The van der Waals surface area contributed by atoms with E-state index in [4.69, 9.17) is 17.3 Å². The van der Waals surface area contributed by atoms with Gasteiger partial charge in [-0.25, -0.2) is 9.78 Å². The lowest BCUT2D eigenvalue weighted by Gasteiger charge is -2.25. The molecule has 21 heavy (non-hydrogen) atoms. The lowest BCUT2D eigenvalue weighted by Crippen LogP contribution is -2.40. The summed E-state index contributed by atoms with van der Waals surface area (Å²) in [6, 6.07) is 4.36. The Bertz CT molecular complexity index is 575. The molecule has 8 heteroatoms. The number of hydrogen-bond donors (Lipinski definition) is 2. The van der Waals surface area contributed by atoms with Crippen molar-refractivity contribution in [2.45, 2.75) is 31.5 Å². The van der Waals surface area contributed by atoms with Crippen molar-refractivity contribution in [2.24, 2.45) is 10.9 Å². The summed E-state index contributed by atoms with van der Waals surface area (Å²) >= 11 is 5.33. The van der Waals surface area contributed by atoms with E-state index in [-0.39, 0.29) is 17.9 Å². The zero-order valence-electron chi connectivity index (χ0n) is 11.3. The van der Waals surface area contributed by atoms with Crippen molar-refractivity contribution in [1.82, 2.24) is 4.98 Å². The second-order valence-corrected chi connectivity index (χ2v) is 5.32. The molecule has 0 spiro atoms. The number of anilines is 2. The molecule has 1 aliphatic carbocycles. The molecule has 3 rings (SSSR count). The first-order valence-corrected chi connectivity index (χ1v) is 7.30. The molecule has 1 atom stereocenters. The first-order valence-electron chi connectivity index (χ1n) is 6.77. The van der Waals surface area contributed by atoms with Gasteiger partial charge in [0.1, 0.15) is 17.9 Å². The number of aromatic nitrogens is 1. The number of pyridine rings is 1. The first-order chi connectivity index (χ1) is 10.2. The summed E-state index contributed by atoms with van der Waals surface area (Å²) in [7, 11) is 0. The highest BCUT2D eigenvalue weighted by molar-refractivity contribution is 6.26. The topological polar surface area (TPSA) is 92.8 Å². The van der Waals surface area contributed by atoms with E-state index in [0.717, 1.165) is 24.3 Å². The second-order valence-electron chi connectivity index (χ2n) is 5.06. The number of alkyl halides is 1. The fraction of sp³-hybridized carbons (Fsp3) is 0.462. The van der Waals surface area contributed by atoms with E-state index in [0.29, 0.717) is 12.5 Å². The van der Waals surface area contributed by atoms with Gasteiger partial charge in [-0.15, -0.1) is 11.6 Å². The van der Waals surface area contributed by atoms with Crippen LogP contribution in [0.25, 0.3) is 0 Å². The SMILES string of the molecule is N/C(C[C@H]1Nc2cccnc2N1C1CC1)=N/OC(=O)CCl. The van der Waals surface area contributed by atoms with Gasteiger partial charge in [0.2, 0.25) is 0 Å². The first kappa shape index (κ1) is 13.9. The lowest BCUT2D eigenvalue weighted by molar-refractivity contribution is -0.140. The van der Waals surface area contributed by atoms with Crippen LogP contribution in [0.1, 0.15) is 19.3 Å². The molecule has 2 heterocycles. The standard InChI is InChI=1S/C13H16ClN5O2/c14-7-12(20)21-18-10(15)6-11-17-9-2-1-5-16-13(9)19(11)8-3-4-8/h1-2,5,8,11,17H,3-4,6-7H2,(H2,15,18)/t11-/m0/s1. The maximum atomic E-state index is 11.0. The van der Waals surface area contributed by atoms with Crippen LogP contribution in [0.15, 0.2) is 23.5 Å². The molecule has 0 aromatic carbocycles. The summed E-state index contributed by atoms with van der Waals surface area (Å²) in [5.41, 5.74) is 6.80. The zero-order valence-corrected chi connectivity index (χ0v) is 12.1. The van der Waals surface area contributed by atoms with Crippen LogP contribution in [0.2, 0.25) is 0 Å². The monoisotopic (exact) mass is 309 g/mol. The Morgan fingerprint density at radius 3 is 3.14 bits per heavy atom. The van der Waals surface area contributed by atoms with E-state index in [1.165, 1.54) is 0 Å². The van der Waals surface area contributed by atoms with E-state index in [1.54, 1.807) is 6.20 Å². The van der Waals surface area contributed by atoms with Crippen LogP contribution in [-0.2, 0) is 9.63 Å². The lowest BCUT2D eigenvalue weighted by atomic mass is 10.3. The number of halogens is 1. The highest BCUT2D eigenvalue weighted by Crippen LogP contribution is 2.41. The largest absolute Gasteiger partial charge is 0.384 e. The third-order valence-electron chi connectivity index (χ3n) is 3.41. The molecule has 2 aliphatic rings.